The van der Waals surface area contributed by atoms with Gasteiger partial charge in [0, 0.05) is 28.9 Å². The van der Waals surface area contributed by atoms with Gasteiger partial charge in [-0.3, -0.25) is 9.48 Å². The minimum atomic E-state index is -1.33. The fraction of sp³-hybridized carbons (Fsp3) is 0.286. The van der Waals surface area contributed by atoms with Crippen LogP contribution >= 0.6 is 23.2 Å². The van der Waals surface area contributed by atoms with Gasteiger partial charge >= 0.3 is 0 Å². The van der Waals surface area contributed by atoms with E-state index in [9.17, 15) is 9.90 Å². The van der Waals surface area contributed by atoms with Gasteiger partial charge in [-0.15, -0.1) is 0 Å². The summed E-state index contributed by atoms with van der Waals surface area (Å²) in [6.45, 7) is 1.81. The van der Waals surface area contributed by atoms with E-state index in [0.29, 0.717) is 15.6 Å². The number of aliphatic hydroxyl groups excluding tert-OH is 1. The normalized spacial score (nSPS) is 13.8. The fourth-order valence-corrected chi connectivity index (χ4v) is 2.47. The predicted octanol–water partition coefficient (Wildman–Crippen LogP) is 2.64. The zero-order valence-corrected chi connectivity index (χ0v) is 13.1. The number of aryl methyl sites for hydroxylation is 1. The number of carbonyl (C=O) groups excluding carboxylic acids is 1. The number of amides is 1. The van der Waals surface area contributed by atoms with Gasteiger partial charge in [-0.1, -0.05) is 23.2 Å². The second-order valence-corrected chi connectivity index (χ2v) is 5.66. The summed E-state index contributed by atoms with van der Waals surface area (Å²) in [6, 6.07) is 4.28. The van der Waals surface area contributed by atoms with Crippen molar-refractivity contribution in [1.29, 1.82) is 0 Å². The molecule has 0 saturated carbocycles. The van der Waals surface area contributed by atoms with E-state index in [2.05, 4.69) is 10.4 Å². The molecule has 0 aliphatic heterocycles. The van der Waals surface area contributed by atoms with Crippen molar-refractivity contribution in [3.63, 3.8) is 0 Å². The molecule has 0 aliphatic rings. The maximum atomic E-state index is 12.1. The molecular formula is C14H15Cl2N3O2. The van der Waals surface area contributed by atoms with Crippen LogP contribution in [0.5, 0.6) is 0 Å². The largest absolute Gasteiger partial charge is 0.378 e. The molecular weight excluding hydrogens is 313 g/mol. The average molecular weight is 328 g/mol. The number of hydrogen-bond donors (Lipinski definition) is 2. The molecule has 0 fully saturated rings. The summed E-state index contributed by atoms with van der Waals surface area (Å²) in [5, 5.41) is 17.6. The van der Waals surface area contributed by atoms with E-state index in [1.807, 2.05) is 6.92 Å². The van der Waals surface area contributed by atoms with Gasteiger partial charge in [0.05, 0.1) is 12.2 Å². The Labute approximate surface area is 132 Å². The van der Waals surface area contributed by atoms with Crippen LogP contribution in [0, 0.1) is 0 Å². The van der Waals surface area contributed by atoms with E-state index < -0.39 is 12.0 Å². The van der Waals surface area contributed by atoms with E-state index >= 15 is 0 Å². The third-order valence-corrected chi connectivity index (χ3v) is 3.47. The quantitative estimate of drug-likeness (QED) is 0.907. The maximum Gasteiger partial charge on any atom is 0.253 e. The summed E-state index contributed by atoms with van der Waals surface area (Å²) in [5.74, 6) is -0.523. The Balaban J connectivity index is 2.08. The summed E-state index contributed by atoms with van der Waals surface area (Å²) in [6.07, 6.45) is 2.13. The predicted molar refractivity (Wildman–Crippen MR) is 81.2 cm³/mol. The molecule has 0 spiro atoms. The lowest BCUT2D eigenvalue weighted by Crippen LogP contribution is -2.31. The SMILES string of the molecule is C[C@@H](NC(=O)[C@H](O)c1cc(Cl)cc(Cl)c1)c1cnn(C)c1. The number of nitrogens with zero attached hydrogens (tertiary/aromatic N) is 2. The molecule has 5 nitrogen and oxygen atoms in total. The van der Waals surface area contributed by atoms with E-state index in [4.69, 9.17) is 23.2 Å². The molecule has 0 aliphatic carbocycles. The van der Waals surface area contributed by atoms with Crippen LogP contribution in [0.15, 0.2) is 30.6 Å². The minimum Gasteiger partial charge on any atom is -0.378 e. The third-order valence-electron chi connectivity index (χ3n) is 3.03. The highest BCUT2D eigenvalue weighted by Gasteiger charge is 2.21. The van der Waals surface area contributed by atoms with Crippen LogP contribution in [-0.2, 0) is 11.8 Å². The smallest absolute Gasteiger partial charge is 0.253 e. The van der Waals surface area contributed by atoms with Crippen molar-refractivity contribution < 1.29 is 9.90 Å². The van der Waals surface area contributed by atoms with E-state index in [1.54, 1.807) is 24.1 Å². The molecule has 1 amide bonds. The maximum absolute atomic E-state index is 12.1. The molecule has 1 heterocycles. The highest BCUT2D eigenvalue weighted by atomic mass is 35.5. The zero-order chi connectivity index (χ0) is 15.6. The van der Waals surface area contributed by atoms with Crippen LogP contribution in [0.25, 0.3) is 0 Å². The van der Waals surface area contributed by atoms with E-state index in [-0.39, 0.29) is 6.04 Å². The molecule has 2 aromatic rings. The lowest BCUT2D eigenvalue weighted by molar-refractivity contribution is -0.130. The van der Waals surface area contributed by atoms with Gasteiger partial charge in [0.2, 0.25) is 0 Å². The summed E-state index contributed by atoms with van der Waals surface area (Å²) >= 11 is 11.7. The Hall–Kier alpha value is -1.56. The lowest BCUT2D eigenvalue weighted by Gasteiger charge is -2.16. The topological polar surface area (TPSA) is 67.2 Å². The molecule has 2 N–H and O–H groups in total. The van der Waals surface area contributed by atoms with Gasteiger partial charge in [-0.2, -0.15) is 5.10 Å². The van der Waals surface area contributed by atoms with Crippen LogP contribution in [0.3, 0.4) is 0 Å². The monoisotopic (exact) mass is 327 g/mol. The standard InChI is InChI=1S/C14H15Cl2N3O2/c1-8(10-6-17-19(2)7-10)18-14(21)13(20)9-3-11(15)5-12(16)4-9/h3-8,13,20H,1-2H3,(H,18,21)/t8-,13-/m1/s1. The molecule has 1 aromatic heterocycles. The first kappa shape index (κ1) is 15.8. The van der Waals surface area contributed by atoms with Gasteiger partial charge in [0.15, 0.2) is 6.10 Å². The van der Waals surface area contributed by atoms with Crippen LogP contribution < -0.4 is 5.32 Å². The van der Waals surface area contributed by atoms with Crippen LogP contribution in [0.4, 0.5) is 0 Å². The van der Waals surface area contributed by atoms with Crippen molar-refractivity contribution in [2.45, 2.75) is 19.1 Å². The Bertz CT molecular complexity index is 637. The average Bonchev–Trinajstić information content (AvgIpc) is 2.83. The molecule has 2 rings (SSSR count). The summed E-state index contributed by atoms with van der Waals surface area (Å²) in [5.41, 5.74) is 1.20. The van der Waals surface area contributed by atoms with E-state index in [1.165, 1.54) is 18.2 Å². The molecule has 1 aromatic carbocycles. The number of benzene rings is 1. The lowest BCUT2D eigenvalue weighted by atomic mass is 10.1. The summed E-state index contributed by atoms with van der Waals surface area (Å²) in [7, 11) is 1.79. The number of nitrogens with one attached hydrogen (secondary N) is 1. The van der Waals surface area contributed by atoms with Crippen molar-refractivity contribution in [1.82, 2.24) is 15.1 Å². The number of aliphatic hydroxyl groups is 1. The second-order valence-electron chi connectivity index (χ2n) is 4.78. The van der Waals surface area contributed by atoms with Gasteiger partial charge in [-0.25, -0.2) is 0 Å². The molecule has 2 atom stereocenters. The number of rotatable bonds is 4. The second kappa shape index (κ2) is 6.47. The Morgan fingerprint density at radius 1 is 1.29 bits per heavy atom. The number of halogens is 2. The molecule has 0 bridgehead atoms. The Morgan fingerprint density at radius 2 is 1.90 bits per heavy atom. The number of carbonyl (C=O) groups is 1. The molecule has 0 radical (unpaired) electrons. The minimum absolute atomic E-state index is 0.268. The molecule has 21 heavy (non-hydrogen) atoms. The summed E-state index contributed by atoms with van der Waals surface area (Å²) < 4.78 is 1.64. The van der Waals surface area contributed by atoms with Gasteiger partial charge in [0.1, 0.15) is 0 Å². The van der Waals surface area contributed by atoms with Gasteiger partial charge in [-0.05, 0) is 30.7 Å². The number of hydrogen-bond acceptors (Lipinski definition) is 3. The third kappa shape index (κ3) is 3.97. The van der Waals surface area contributed by atoms with Crippen LogP contribution in [-0.4, -0.2) is 20.8 Å². The van der Waals surface area contributed by atoms with Gasteiger partial charge in [0.25, 0.3) is 5.91 Å². The first-order valence-electron chi connectivity index (χ1n) is 6.30. The molecule has 0 unspecified atom stereocenters. The van der Waals surface area contributed by atoms with Crippen molar-refractivity contribution in [2.24, 2.45) is 7.05 Å². The Kier molecular flexibility index (Phi) is 4.88. The molecule has 0 saturated heterocycles. The zero-order valence-electron chi connectivity index (χ0n) is 11.5. The molecule has 7 heteroatoms. The first-order valence-corrected chi connectivity index (χ1v) is 7.05. The highest BCUT2D eigenvalue weighted by Crippen LogP contribution is 2.24. The Morgan fingerprint density at radius 3 is 2.43 bits per heavy atom. The van der Waals surface area contributed by atoms with Crippen molar-refractivity contribution in [3.8, 4) is 0 Å². The van der Waals surface area contributed by atoms with Crippen molar-refractivity contribution in [2.75, 3.05) is 0 Å². The van der Waals surface area contributed by atoms with Crippen LogP contribution in [0.1, 0.15) is 30.2 Å². The summed E-state index contributed by atoms with van der Waals surface area (Å²) in [4.78, 5) is 12.1. The van der Waals surface area contributed by atoms with Gasteiger partial charge < -0.3 is 10.4 Å². The highest BCUT2D eigenvalue weighted by molar-refractivity contribution is 6.34. The van der Waals surface area contributed by atoms with Crippen LogP contribution in [0.2, 0.25) is 10.0 Å². The van der Waals surface area contributed by atoms with Crippen molar-refractivity contribution in [3.05, 3.63) is 51.8 Å². The number of aromatic nitrogens is 2. The van der Waals surface area contributed by atoms with E-state index in [0.717, 1.165) is 5.56 Å². The molecule has 112 valence electrons. The first-order chi connectivity index (χ1) is 9.86. The van der Waals surface area contributed by atoms with Crippen molar-refractivity contribution >= 4 is 29.1 Å². The fourth-order valence-electron chi connectivity index (χ4n) is 1.92.